The van der Waals surface area contributed by atoms with Gasteiger partial charge in [0, 0.05) is 17.3 Å². The fraction of sp³-hybridized carbons (Fsp3) is 0.143. The Labute approximate surface area is 120 Å². The van der Waals surface area contributed by atoms with Crippen molar-refractivity contribution >= 4 is 5.69 Å². The summed E-state index contributed by atoms with van der Waals surface area (Å²) in [5.41, 5.74) is 8.76. The van der Waals surface area contributed by atoms with E-state index in [1.807, 2.05) is 19.1 Å². The van der Waals surface area contributed by atoms with Crippen molar-refractivity contribution in [2.75, 3.05) is 12.8 Å². The summed E-state index contributed by atoms with van der Waals surface area (Å²) in [6, 6.07) is 7.17. The molecular formula is C14H13N5O2. The van der Waals surface area contributed by atoms with Crippen molar-refractivity contribution in [3.63, 3.8) is 0 Å². The van der Waals surface area contributed by atoms with Gasteiger partial charge in [0.2, 0.25) is 11.7 Å². The predicted octanol–water partition coefficient (Wildman–Crippen LogP) is 2.09. The van der Waals surface area contributed by atoms with Crippen LogP contribution < -0.4 is 10.5 Å². The molecule has 7 nitrogen and oxygen atoms in total. The molecule has 0 radical (unpaired) electrons. The van der Waals surface area contributed by atoms with Crippen molar-refractivity contribution in [3.8, 4) is 28.9 Å². The summed E-state index contributed by atoms with van der Waals surface area (Å²) in [6.45, 7) is 1.95. The summed E-state index contributed by atoms with van der Waals surface area (Å²) in [4.78, 5) is 12.4. The first-order valence-electron chi connectivity index (χ1n) is 6.24. The normalized spacial score (nSPS) is 10.6. The van der Waals surface area contributed by atoms with Crippen LogP contribution in [-0.2, 0) is 0 Å². The Hall–Kier alpha value is -2.96. The lowest BCUT2D eigenvalue weighted by atomic mass is 10.1. The van der Waals surface area contributed by atoms with Crippen LogP contribution in [0.3, 0.4) is 0 Å². The van der Waals surface area contributed by atoms with Crippen LogP contribution in [-0.4, -0.2) is 27.2 Å². The number of hydrogen-bond acceptors (Lipinski definition) is 7. The highest BCUT2D eigenvalue weighted by Crippen LogP contribution is 2.26. The molecule has 0 amide bonds. The van der Waals surface area contributed by atoms with Crippen molar-refractivity contribution in [2.24, 2.45) is 0 Å². The molecular weight excluding hydrogens is 270 g/mol. The lowest BCUT2D eigenvalue weighted by molar-refractivity contribution is 0.397. The van der Waals surface area contributed by atoms with E-state index in [0.717, 1.165) is 11.1 Å². The molecule has 0 saturated heterocycles. The molecule has 0 spiro atoms. The van der Waals surface area contributed by atoms with Crippen LogP contribution in [0.15, 0.2) is 35.1 Å². The van der Waals surface area contributed by atoms with E-state index >= 15 is 0 Å². The molecule has 0 saturated carbocycles. The van der Waals surface area contributed by atoms with E-state index < -0.39 is 0 Å². The number of nitrogens with zero attached hydrogens (tertiary/aromatic N) is 4. The Bertz CT molecular complexity index is 785. The maximum atomic E-state index is 5.79. The van der Waals surface area contributed by atoms with E-state index in [1.54, 1.807) is 12.1 Å². The molecule has 2 N–H and O–H groups in total. The lowest BCUT2D eigenvalue weighted by Crippen LogP contribution is -1.92. The van der Waals surface area contributed by atoms with Crippen LogP contribution in [0.25, 0.3) is 23.0 Å². The number of hydrogen-bond donors (Lipinski definition) is 1. The number of ether oxygens (including phenoxy) is 1. The van der Waals surface area contributed by atoms with Crippen molar-refractivity contribution in [2.45, 2.75) is 6.92 Å². The molecule has 0 aliphatic rings. The van der Waals surface area contributed by atoms with E-state index in [9.17, 15) is 0 Å². The number of nitrogens with two attached hydrogens (primary N) is 1. The van der Waals surface area contributed by atoms with Gasteiger partial charge in [-0.1, -0.05) is 11.2 Å². The van der Waals surface area contributed by atoms with Crippen LogP contribution in [0.2, 0.25) is 0 Å². The van der Waals surface area contributed by atoms with Crippen LogP contribution in [0.5, 0.6) is 5.88 Å². The molecule has 21 heavy (non-hydrogen) atoms. The summed E-state index contributed by atoms with van der Waals surface area (Å²) in [5.74, 6) is 1.20. The van der Waals surface area contributed by atoms with Gasteiger partial charge in [-0.3, -0.25) is 0 Å². The second kappa shape index (κ2) is 5.20. The molecule has 1 aromatic carbocycles. The number of anilines is 1. The van der Waals surface area contributed by atoms with Gasteiger partial charge in [0.1, 0.15) is 12.0 Å². The molecule has 3 aromatic rings. The molecule has 0 unspecified atom stereocenters. The largest absolute Gasteiger partial charge is 0.481 e. The molecule has 2 heterocycles. The Balaban J connectivity index is 2.01. The summed E-state index contributed by atoms with van der Waals surface area (Å²) in [5, 5.41) is 3.94. The third-order valence-corrected chi connectivity index (χ3v) is 3.00. The van der Waals surface area contributed by atoms with E-state index in [0.29, 0.717) is 29.0 Å². The minimum absolute atomic E-state index is 0.368. The monoisotopic (exact) mass is 283 g/mol. The molecule has 3 rings (SSSR count). The average Bonchev–Trinajstić information content (AvgIpc) is 2.99. The molecule has 106 valence electrons. The molecule has 0 aliphatic heterocycles. The first-order valence-corrected chi connectivity index (χ1v) is 6.24. The molecule has 2 aromatic heterocycles. The summed E-state index contributed by atoms with van der Waals surface area (Å²) < 4.78 is 10.3. The van der Waals surface area contributed by atoms with E-state index in [2.05, 4.69) is 20.1 Å². The van der Waals surface area contributed by atoms with Gasteiger partial charge < -0.3 is 15.0 Å². The summed E-state index contributed by atoms with van der Waals surface area (Å²) in [6.07, 6.45) is 1.38. The minimum Gasteiger partial charge on any atom is -0.481 e. The first kappa shape index (κ1) is 13.0. The lowest BCUT2D eigenvalue weighted by Gasteiger charge is -2.01. The second-order valence-electron chi connectivity index (χ2n) is 4.44. The third kappa shape index (κ3) is 2.53. The van der Waals surface area contributed by atoms with Crippen molar-refractivity contribution in [1.29, 1.82) is 0 Å². The van der Waals surface area contributed by atoms with Gasteiger partial charge in [0.25, 0.3) is 5.89 Å². The number of nitrogen functional groups attached to an aromatic ring is 1. The van der Waals surface area contributed by atoms with E-state index in [1.165, 1.54) is 13.4 Å². The highest BCUT2D eigenvalue weighted by Gasteiger charge is 2.14. The van der Waals surface area contributed by atoms with Gasteiger partial charge >= 0.3 is 0 Å². The Kier molecular flexibility index (Phi) is 3.23. The Morgan fingerprint density at radius 3 is 2.86 bits per heavy atom. The van der Waals surface area contributed by atoms with Crippen LogP contribution in [0, 0.1) is 6.92 Å². The van der Waals surface area contributed by atoms with Gasteiger partial charge in [-0.15, -0.1) is 0 Å². The smallest absolute Gasteiger partial charge is 0.258 e. The standard InChI is InChI=1S/C14H13N5O2/c1-8-3-4-9(15)5-10(8)14-18-13(19-21-14)11-6-12(20-2)17-7-16-11/h3-7H,15H2,1-2H3. The SMILES string of the molecule is COc1cc(-c2noc(-c3cc(N)ccc3C)n2)ncn1. The van der Waals surface area contributed by atoms with Crippen LogP contribution in [0.1, 0.15) is 5.56 Å². The first-order chi connectivity index (χ1) is 10.2. The highest BCUT2D eigenvalue weighted by atomic mass is 16.5. The highest BCUT2D eigenvalue weighted by molar-refractivity contribution is 5.65. The maximum absolute atomic E-state index is 5.79. The minimum atomic E-state index is 0.368. The zero-order valence-corrected chi connectivity index (χ0v) is 11.6. The number of aryl methyl sites for hydroxylation is 1. The summed E-state index contributed by atoms with van der Waals surface area (Å²) >= 11 is 0. The molecule has 0 bridgehead atoms. The third-order valence-electron chi connectivity index (χ3n) is 3.00. The number of benzene rings is 1. The van der Waals surface area contributed by atoms with Crippen LogP contribution in [0.4, 0.5) is 5.69 Å². The number of aromatic nitrogens is 4. The van der Waals surface area contributed by atoms with E-state index in [4.69, 9.17) is 15.0 Å². The van der Waals surface area contributed by atoms with Gasteiger partial charge in [-0.2, -0.15) is 4.98 Å². The fourth-order valence-electron chi connectivity index (χ4n) is 1.88. The predicted molar refractivity (Wildman–Crippen MR) is 76.5 cm³/mol. The van der Waals surface area contributed by atoms with Gasteiger partial charge in [-0.25, -0.2) is 9.97 Å². The second-order valence-corrected chi connectivity index (χ2v) is 4.44. The molecule has 7 heteroatoms. The van der Waals surface area contributed by atoms with Gasteiger partial charge in [0.05, 0.1) is 7.11 Å². The Morgan fingerprint density at radius 1 is 1.19 bits per heavy atom. The van der Waals surface area contributed by atoms with E-state index in [-0.39, 0.29) is 0 Å². The van der Waals surface area contributed by atoms with Crippen molar-refractivity contribution in [3.05, 3.63) is 36.2 Å². The number of rotatable bonds is 3. The zero-order chi connectivity index (χ0) is 14.8. The molecule has 0 fully saturated rings. The van der Waals surface area contributed by atoms with Crippen molar-refractivity contribution < 1.29 is 9.26 Å². The quantitative estimate of drug-likeness (QED) is 0.734. The zero-order valence-electron chi connectivity index (χ0n) is 11.6. The van der Waals surface area contributed by atoms with Crippen LogP contribution >= 0.6 is 0 Å². The summed E-state index contributed by atoms with van der Waals surface area (Å²) in [7, 11) is 1.53. The van der Waals surface area contributed by atoms with Crippen molar-refractivity contribution in [1.82, 2.24) is 20.1 Å². The topological polar surface area (TPSA) is 100.0 Å². The number of methoxy groups -OCH3 is 1. The van der Waals surface area contributed by atoms with Gasteiger partial charge in [-0.05, 0) is 24.6 Å². The molecule has 0 atom stereocenters. The maximum Gasteiger partial charge on any atom is 0.258 e. The van der Waals surface area contributed by atoms with Gasteiger partial charge in [0.15, 0.2) is 0 Å². The average molecular weight is 283 g/mol. The molecule has 0 aliphatic carbocycles. The fourth-order valence-corrected chi connectivity index (χ4v) is 1.88. The Morgan fingerprint density at radius 2 is 2.05 bits per heavy atom.